The zero-order valence-electron chi connectivity index (χ0n) is 13.2. The summed E-state index contributed by atoms with van der Waals surface area (Å²) in [6, 6.07) is 5.23. The Hall–Kier alpha value is -1.71. The number of amides is 1. The highest BCUT2D eigenvalue weighted by Crippen LogP contribution is 2.23. The minimum Gasteiger partial charge on any atom is -0.397 e. The highest BCUT2D eigenvalue weighted by Gasteiger charge is 2.09. The molecule has 4 nitrogen and oxygen atoms in total. The van der Waals surface area contributed by atoms with Crippen LogP contribution in [0.3, 0.4) is 0 Å². The number of carbonyl (C=O) groups is 1. The predicted octanol–water partition coefficient (Wildman–Crippen LogP) is 3.92. The molecule has 0 saturated heterocycles. The average molecular weight is 291 g/mol. The van der Waals surface area contributed by atoms with E-state index in [-0.39, 0.29) is 0 Å². The highest BCUT2D eigenvalue weighted by molar-refractivity contribution is 6.01. The van der Waals surface area contributed by atoms with Gasteiger partial charge in [-0.3, -0.25) is 4.79 Å². The summed E-state index contributed by atoms with van der Waals surface area (Å²) < 4.78 is 0. The molecule has 0 unspecified atom stereocenters. The number of rotatable bonds is 11. The molecule has 4 heteroatoms. The number of unbranched alkanes of at least 4 members (excludes halogenated alkanes) is 7. The van der Waals surface area contributed by atoms with E-state index in [0.29, 0.717) is 16.9 Å². The van der Waals surface area contributed by atoms with E-state index in [9.17, 15) is 4.79 Å². The molecule has 1 amide bonds. The highest BCUT2D eigenvalue weighted by atomic mass is 16.1. The van der Waals surface area contributed by atoms with Crippen LogP contribution in [0.2, 0.25) is 0 Å². The Morgan fingerprint density at radius 3 is 2.29 bits per heavy atom. The molecule has 0 fully saturated rings. The maximum atomic E-state index is 11.4. The van der Waals surface area contributed by atoms with E-state index < -0.39 is 5.91 Å². The number of anilines is 2. The van der Waals surface area contributed by atoms with E-state index in [0.717, 1.165) is 13.0 Å². The van der Waals surface area contributed by atoms with Crippen molar-refractivity contribution in [1.82, 2.24) is 0 Å². The number of nitrogens with two attached hydrogens (primary N) is 2. The lowest BCUT2D eigenvalue weighted by molar-refractivity contribution is 0.100. The molecule has 0 aliphatic carbocycles. The van der Waals surface area contributed by atoms with Crippen LogP contribution in [0.25, 0.3) is 0 Å². The van der Waals surface area contributed by atoms with Gasteiger partial charge >= 0.3 is 0 Å². The van der Waals surface area contributed by atoms with E-state index in [4.69, 9.17) is 11.5 Å². The molecular formula is C17H29N3O. The third-order valence-electron chi connectivity index (χ3n) is 3.69. The fourth-order valence-electron chi connectivity index (χ4n) is 2.45. The summed E-state index contributed by atoms with van der Waals surface area (Å²) >= 11 is 0. The van der Waals surface area contributed by atoms with Gasteiger partial charge in [0, 0.05) is 6.54 Å². The standard InChI is InChI=1S/C17H29N3O/c1-2-3-4-5-6-7-8-9-13-20-16-14(17(19)21)11-10-12-15(16)18/h10-12,20H,2-9,13,18H2,1H3,(H2,19,21). The summed E-state index contributed by atoms with van der Waals surface area (Å²) in [5.74, 6) is -0.444. The van der Waals surface area contributed by atoms with Gasteiger partial charge < -0.3 is 16.8 Å². The first-order valence-corrected chi connectivity index (χ1v) is 8.09. The van der Waals surface area contributed by atoms with Crippen molar-refractivity contribution in [3.05, 3.63) is 23.8 Å². The molecule has 118 valence electrons. The van der Waals surface area contributed by atoms with Crippen LogP contribution in [0.1, 0.15) is 68.6 Å². The summed E-state index contributed by atoms with van der Waals surface area (Å²) in [4.78, 5) is 11.4. The Balaban J connectivity index is 2.23. The van der Waals surface area contributed by atoms with E-state index >= 15 is 0 Å². The number of hydrogen-bond donors (Lipinski definition) is 3. The van der Waals surface area contributed by atoms with Gasteiger partial charge in [0.1, 0.15) is 0 Å². The van der Waals surface area contributed by atoms with Crippen LogP contribution in [0.15, 0.2) is 18.2 Å². The quantitative estimate of drug-likeness (QED) is 0.427. The summed E-state index contributed by atoms with van der Waals surface area (Å²) in [5, 5.41) is 3.25. The van der Waals surface area contributed by atoms with Gasteiger partial charge in [0.2, 0.25) is 0 Å². The molecule has 0 aliphatic heterocycles. The van der Waals surface area contributed by atoms with Gasteiger partial charge in [0.05, 0.1) is 16.9 Å². The first-order chi connectivity index (χ1) is 10.2. The normalized spacial score (nSPS) is 10.5. The van der Waals surface area contributed by atoms with Crippen molar-refractivity contribution in [2.45, 2.75) is 58.3 Å². The third kappa shape index (κ3) is 6.52. The number of benzene rings is 1. The van der Waals surface area contributed by atoms with Gasteiger partial charge in [-0.2, -0.15) is 0 Å². The zero-order chi connectivity index (χ0) is 15.5. The van der Waals surface area contributed by atoms with E-state index in [1.807, 2.05) is 0 Å². The van der Waals surface area contributed by atoms with Crippen LogP contribution in [0, 0.1) is 0 Å². The Morgan fingerprint density at radius 1 is 1.05 bits per heavy atom. The Labute approximate surface area is 128 Å². The molecule has 5 N–H and O–H groups in total. The molecule has 0 heterocycles. The minimum atomic E-state index is -0.444. The maximum Gasteiger partial charge on any atom is 0.250 e. The first kappa shape index (κ1) is 17.3. The molecule has 0 aromatic heterocycles. The van der Waals surface area contributed by atoms with Gasteiger partial charge in [-0.15, -0.1) is 0 Å². The van der Waals surface area contributed by atoms with Crippen LogP contribution in [0.5, 0.6) is 0 Å². The number of primary amides is 1. The van der Waals surface area contributed by atoms with Crippen molar-refractivity contribution in [3.63, 3.8) is 0 Å². The lowest BCUT2D eigenvalue weighted by Gasteiger charge is -2.12. The molecule has 1 rings (SSSR count). The van der Waals surface area contributed by atoms with E-state index in [2.05, 4.69) is 12.2 Å². The zero-order valence-corrected chi connectivity index (χ0v) is 13.2. The lowest BCUT2D eigenvalue weighted by Crippen LogP contribution is -2.16. The monoisotopic (exact) mass is 291 g/mol. The van der Waals surface area contributed by atoms with Crippen LogP contribution < -0.4 is 16.8 Å². The SMILES string of the molecule is CCCCCCCCCCNc1c(N)cccc1C(N)=O. The Bertz CT molecular complexity index is 432. The number of hydrogen-bond acceptors (Lipinski definition) is 3. The predicted molar refractivity (Wildman–Crippen MR) is 90.5 cm³/mol. The van der Waals surface area contributed by atoms with Crippen LogP contribution in [0.4, 0.5) is 11.4 Å². The second-order valence-electron chi connectivity index (χ2n) is 5.54. The number of para-hydroxylation sites is 1. The molecule has 0 saturated carbocycles. The van der Waals surface area contributed by atoms with Gasteiger partial charge in [-0.1, -0.05) is 57.9 Å². The van der Waals surface area contributed by atoms with Crippen molar-refractivity contribution in [1.29, 1.82) is 0 Å². The molecule has 0 atom stereocenters. The summed E-state index contributed by atoms with van der Waals surface area (Å²) in [6.07, 6.45) is 10.2. The smallest absolute Gasteiger partial charge is 0.250 e. The average Bonchev–Trinajstić information content (AvgIpc) is 2.46. The van der Waals surface area contributed by atoms with Crippen molar-refractivity contribution in [2.75, 3.05) is 17.6 Å². The molecular weight excluding hydrogens is 262 g/mol. The molecule has 1 aromatic rings. The number of carbonyl (C=O) groups excluding carboxylic acids is 1. The second kappa shape index (κ2) is 10.1. The first-order valence-electron chi connectivity index (χ1n) is 8.09. The van der Waals surface area contributed by atoms with Gasteiger partial charge in [-0.25, -0.2) is 0 Å². The Kier molecular flexibility index (Phi) is 8.32. The third-order valence-corrected chi connectivity index (χ3v) is 3.69. The number of nitrogen functional groups attached to an aromatic ring is 1. The largest absolute Gasteiger partial charge is 0.397 e. The maximum absolute atomic E-state index is 11.4. The molecule has 0 radical (unpaired) electrons. The van der Waals surface area contributed by atoms with Gasteiger partial charge in [-0.05, 0) is 18.6 Å². The lowest BCUT2D eigenvalue weighted by atomic mass is 10.1. The van der Waals surface area contributed by atoms with Crippen LogP contribution in [-0.2, 0) is 0 Å². The van der Waals surface area contributed by atoms with Crippen LogP contribution >= 0.6 is 0 Å². The van der Waals surface area contributed by atoms with Crippen molar-refractivity contribution in [2.24, 2.45) is 5.73 Å². The van der Waals surface area contributed by atoms with Gasteiger partial charge in [0.15, 0.2) is 0 Å². The van der Waals surface area contributed by atoms with E-state index in [1.165, 1.54) is 44.9 Å². The van der Waals surface area contributed by atoms with Crippen LogP contribution in [-0.4, -0.2) is 12.5 Å². The minimum absolute atomic E-state index is 0.444. The fourth-order valence-corrected chi connectivity index (χ4v) is 2.45. The van der Waals surface area contributed by atoms with Crippen molar-refractivity contribution in [3.8, 4) is 0 Å². The van der Waals surface area contributed by atoms with Crippen molar-refractivity contribution >= 4 is 17.3 Å². The molecule has 1 aromatic carbocycles. The second-order valence-corrected chi connectivity index (χ2v) is 5.54. The fraction of sp³-hybridized carbons (Fsp3) is 0.588. The van der Waals surface area contributed by atoms with Gasteiger partial charge in [0.25, 0.3) is 5.91 Å². The summed E-state index contributed by atoms with van der Waals surface area (Å²) in [7, 11) is 0. The topological polar surface area (TPSA) is 81.1 Å². The summed E-state index contributed by atoms with van der Waals surface area (Å²) in [5.41, 5.74) is 13.0. The molecule has 0 bridgehead atoms. The van der Waals surface area contributed by atoms with E-state index in [1.54, 1.807) is 18.2 Å². The molecule has 21 heavy (non-hydrogen) atoms. The molecule has 0 spiro atoms. The number of nitrogens with one attached hydrogen (secondary N) is 1. The summed E-state index contributed by atoms with van der Waals surface area (Å²) in [6.45, 7) is 3.06. The Morgan fingerprint density at radius 2 is 1.67 bits per heavy atom. The molecule has 0 aliphatic rings. The van der Waals surface area contributed by atoms with Crippen molar-refractivity contribution < 1.29 is 4.79 Å².